The molecule has 1 N–H and O–H groups in total. The molecule has 0 aliphatic rings. The Morgan fingerprint density at radius 2 is 1.71 bits per heavy atom. The highest BCUT2D eigenvalue weighted by atomic mass is 16.5. The van der Waals surface area contributed by atoms with Gasteiger partial charge in [-0.05, 0) is 56.3 Å². The van der Waals surface area contributed by atoms with Crippen LogP contribution in [0.15, 0.2) is 60.7 Å². The lowest BCUT2D eigenvalue weighted by Gasteiger charge is -2.10. The second-order valence-corrected chi connectivity index (χ2v) is 7.46. The van der Waals surface area contributed by atoms with Gasteiger partial charge in [0.2, 0.25) is 5.78 Å². The van der Waals surface area contributed by atoms with Gasteiger partial charge in [-0.15, -0.1) is 0 Å². The van der Waals surface area contributed by atoms with Crippen LogP contribution in [0, 0.1) is 13.8 Å². The standard InChI is InChI=1S/C25H22N2O4/c1-15-12-20(16(2)27(15)3)24(29)14-31-25(30)21-13-23(17-8-10-18(28)11-9-17)26-22-7-5-4-6-19(21)22/h4-13,28H,14H2,1-3H3. The van der Waals surface area contributed by atoms with Gasteiger partial charge in [-0.25, -0.2) is 9.78 Å². The molecule has 0 fully saturated rings. The maximum atomic E-state index is 12.9. The number of esters is 1. The lowest BCUT2D eigenvalue weighted by atomic mass is 10.0. The molecular formula is C25H22N2O4. The van der Waals surface area contributed by atoms with Crippen molar-refractivity contribution < 1.29 is 19.4 Å². The van der Waals surface area contributed by atoms with Crippen LogP contribution in [0.5, 0.6) is 5.75 Å². The minimum absolute atomic E-state index is 0.147. The number of para-hydroxylation sites is 1. The molecule has 156 valence electrons. The van der Waals surface area contributed by atoms with Crippen molar-refractivity contribution in [1.29, 1.82) is 0 Å². The Morgan fingerprint density at radius 1 is 1.00 bits per heavy atom. The van der Waals surface area contributed by atoms with Gasteiger partial charge in [-0.2, -0.15) is 0 Å². The zero-order valence-corrected chi connectivity index (χ0v) is 17.5. The number of phenols is 1. The number of nitrogens with zero attached hydrogens (tertiary/aromatic N) is 2. The van der Waals surface area contributed by atoms with Crippen molar-refractivity contribution in [2.75, 3.05) is 6.61 Å². The molecular weight excluding hydrogens is 392 g/mol. The van der Waals surface area contributed by atoms with Gasteiger partial charge in [0.25, 0.3) is 0 Å². The molecule has 0 saturated heterocycles. The first-order valence-corrected chi connectivity index (χ1v) is 9.87. The average molecular weight is 414 g/mol. The second kappa shape index (κ2) is 8.07. The number of rotatable bonds is 5. The van der Waals surface area contributed by atoms with Crippen LogP contribution in [0.2, 0.25) is 0 Å². The minimum Gasteiger partial charge on any atom is -0.508 e. The van der Waals surface area contributed by atoms with Crippen molar-refractivity contribution in [3.8, 4) is 17.0 Å². The summed E-state index contributed by atoms with van der Waals surface area (Å²) in [6.45, 7) is 3.44. The molecule has 0 aliphatic heterocycles. The maximum Gasteiger partial charge on any atom is 0.339 e. The summed E-state index contributed by atoms with van der Waals surface area (Å²) in [6, 6.07) is 17.3. The molecule has 31 heavy (non-hydrogen) atoms. The fraction of sp³-hybridized carbons (Fsp3) is 0.160. The predicted molar refractivity (Wildman–Crippen MR) is 118 cm³/mol. The monoisotopic (exact) mass is 414 g/mol. The van der Waals surface area contributed by atoms with Gasteiger partial charge in [0, 0.05) is 34.9 Å². The van der Waals surface area contributed by atoms with Crippen molar-refractivity contribution >= 4 is 22.7 Å². The molecule has 0 saturated carbocycles. The Kier molecular flexibility index (Phi) is 5.29. The van der Waals surface area contributed by atoms with E-state index in [1.54, 1.807) is 42.5 Å². The van der Waals surface area contributed by atoms with E-state index in [1.807, 2.05) is 43.7 Å². The van der Waals surface area contributed by atoms with Gasteiger partial charge in [-0.1, -0.05) is 18.2 Å². The number of fused-ring (bicyclic) bond motifs is 1. The number of benzene rings is 2. The zero-order valence-electron chi connectivity index (χ0n) is 17.5. The Morgan fingerprint density at radius 3 is 2.39 bits per heavy atom. The van der Waals surface area contributed by atoms with Crippen molar-refractivity contribution in [2.24, 2.45) is 7.05 Å². The average Bonchev–Trinajstić information content (AvgIpc) is 3.04. The Labute approximate surface area is 179 Å². The van der Waals surface area contributed by atoms with Crippen LogP contribution in [0.25, 0.3) is 22.2 Å². The smallest absolute Gasteiger partial charge is 0.339 e. The number of ether oxygens (including phenoxy) is 1. The molecule has 0 bridgehead atoms. The summed E-state index contributed by atoms with van der Waals surface area (Å²) in [5.74, 6) is -0.682. The van der Waals surface area contributed by atoms with E-state index in [0.29, 0.717) is 27.7 Å². The van der Waals surface area contributed by atoms with E-state index >= 15 is 0 Å². The number of aryl methyl sites for hydroxylation is 1. The summed E-state index contributed by atoms with van der Waals surface area (Å²) < 4.78 is 7.33. The molecule has 2 heterocycles. The molecule has 0 unspecified atom stereocenters. The molecule has 4 aromatic rings. The second-order valence-electron chi connectivity index (χ2n) is 7.46. The van der Waals surface area contributed by atoms with Gasteiger partial charge in [0.15, 0.2) is 6.61 Å². The Hall–Kier alpha value is -3.93. The number of hydrogen-bond donors (Lipinski definition) is 1. The van der Waals surface area contributed by atoms with Gasteiger partial charge < -0.3 is 14.4 Å². The highest BCUT2D eigenvalue weighted by Crippen LogP contribution is 2.26. The number of carbonyl (C=O) groups excluding carboxylic acids is 2. The highest BCUT2D eigenvalue weighted by Gasteiger charge is 2.19. The van der Waals surface area contributed by atoms with Gasteiger partial charge in [-0.3, -0.25) is 4.79 Å². The molecule has 0 aliphatic carbocycles. The van der Waals surface area contributed by atoms with Crippen molar-refractivity contribution in [3.05, 3.63) is 83.2 Å². The first-order valence-electron chi connectivity index (χ1n) is 9.87. The minimum atomic E-state index is -0.586. The van der Waals surface area contributed by atoms with E-state index < -0.39 is 5.97 Å². The first-order chi connectivity index (χ1) is 14.8. The van der Waals surface area contributed by atoms with Gasteiger partial charge >= 0.3 is 5.97 Å². The summed E-state index contributed by atoms with van der Waals surface area (Å²) in [4.78, 5) is 30.2. The van der Waals surface area contributed by atoms with Crippen LogP contribution in [0.1, 0.15) is 32.1 Å². The number of phenolic OH excluding ortho intramolecular Hbond substituents is 1. The van der Waals surface area contributed by atoms with E-state index in [-0.39, 0.29) is 18.1 Å². The largest absolute Gasteiger partial charge is 0.508 e. The molecule has 0 amide bonds. The third kappa shape index (κ3) is 3.92. The molecule has 2 aromatic carbocycles. The molecule has 6 heteroatoms. The van der Waals surface area contributed by atoms with Crippen LogP contribution >= 0.6 is 0 Å². The molecule has 4 rings (SSSR count). The number of carbonyl (C=O) groups is 2. The number of aromatic hydroxyl groups is 1. The van der Waals surface area contributed by atoms with Crippen molar-refractivity contribution in [2.45, 2.75) is 13.8 Å². The Balaban J connectivity index is 1.64. The van der Waals surface area contributed by atoms with E-state index in [9.17, 15) is 14.7 Å². The first kappa shape index (κ1) is 20.3. The van der Waals surface area contributed by atoms with Crippen LogP contribution < -0.4 is 0 Å². The highest BCUT2D eigenvalue weighted by molar-refractivity contribution is 6.06. The number of Topliss-reactive ketones (excluding diaryl/α,β-unsaturated/α-hetero) is 1. The summed E-state index contributed by atoms with van der Waals surface area (Å²) in [7, 11) is 1.89. The van der Waals surface area contributed by atoms with Gasteiger partial charge in [0.05, 0.1) is 16.8 Å². The van der Waals surface area contributed by atoms with Crippen molar-refractivity contribution in [1.82, 2.24) is 9.55 Å². The fourth-order valence-electron chi connectivity index (χ4n) is 3.55. The summed E-state index contributed by atoms with van der Waals surface area (Å²) in [5.41, 5.74) is 4.66. The van der Waals surface area contributed by atoms with Crippen LogP contribution in [0.3, 0.4) is 0 Å². The lowest BCUT2D eigenvalue weighted by molar-refractivity contribution is 0.0476. The summed E-state index contributed by atoms with van der Waals surface area (Å²) in [6.07, 6.45) is 0. The van der Waals surface area contributed by atoms with Crippen LogP contribution in [0.4, 0.5) is 0 Å². The van der Waals surface area contributed by atoms with Crippen molar-refractivity contribution in [3.63, 3.8) is 0 Å². The maximum absolute atomic E-state index is 12.9. The van der Waals surface area contributed by atoms with E-state index in [1.165, 1.54) is 0 Å². The third-order valence-electron chi connectivity index (χ3n) is 5.51. The number of hydrogen-bond acceptors (Lipinski definition) is 5. The summed E-state index contributed by atoms with van der Waals surface area (Å²) >= 11 is 0. The third-order valence-corrected chi connectivity index (χ3v) is 5.51. The van der Waals surface area contributed by atoms with Crippen LogP contribution in [-0.4, -0.2) is 33.0 Å². The zero-order chi connectivity index (χ0) is 22.1. The van der Waals surface area contributed by atoms with Gasteiger partial charge in [0.1, 0.15) is 5.75 Å². The quantitative estimate of drug-likeness (QED) is 0.381. The molecule has 0 spiro atoms. The normalized spacial score (nSPS) is 10.9. The van der Waals surface area contributed by atoms with Crippen LogP contribution in [-0.2, 0) is 11.8 Å². The topological polar surface area (TPSA) is 81.4 Å². The number of pyridine rings is 1. The number of aromatic nitrogens is 2. The van der Waals surface area contributed by atoms with E-state index in [4.69, 9.17) is 4.74 Å². The summed E-state index contributed by atoms with van der Waals surface area (Å²) in [5, 5.41) is 10.2. The fourth-order valence-corrected chi connectivity index (χ4v) is 3.55. The molecule has 0 atom stereocenters. The molecule has 6 nitrogen and oxygen atoms in total. The Bertz CT molecular complexity index is 1300. The number of ketones is 1. The molecule has 2 aromatic heterocycles. The lowest BCUT2D eigenvalue weighted by Crippen LogP contribution is -2.15. The predicted octanol–water partition coefficient (Wildman–Crippen LogP) is 4.60. The van der Waals surface area contributed by atoms with E-state index in [0.717, 1.165) is 17.0 Å². The molecule has 0 radical (unpaired) electrons. The SMILES string of the molecule is Cc1cc(C(=O)COC(=O)c2cc(-c3ccc(O)cc3)nc3ccccc23)c(C)n1C. The van der Waals surface area contributed by atoms with E-state index in [2.05, 4.69) is 4.98 Å².